The molecule has 0 saturated carbocycles. The Morgan fingerprint density at radius 2 is 1.34 bits per heavy atom. The highest BCUT2D eigenvalue weighted by Crippen LogP contribution is 2.15. The van der Waals surface area contributed by atoms with Crippen LogP contribution in [0.15, 0.2) is 72.9 Å². The van der Waals surface area contributed by atoms with Crippen LogP contribution in [-0.2, 0) is 4.79 Å². The number of allylic oxidation sites excluding steroid dienone is 11. The fourth-order valence-electron chi connectivity index (χ4n) is 2.60. The maximum Gasteiger partial charge on any atom is 0.244 e. The zero-order chi connectivity index (χ0) is 21.6. The van der Waals surface area contributed by atoms with Crippen molar-refractivity contribution in [2.75, 3.05) is 6.54 Å². The van der Waals surface area contributed by atoms with Crippen molar-refractivity contribution in [2.24, 2.45) is 0 Å². The molecule has 0 radical (unpaired) electrons. The summed E-state index contributed by atoms with van der Waals surface area (Å²) in [7, 11) is 0. The van der Waals surface area contributed by atoms with Gasteiger partial charge in [-0.1, -0.05) is 107 Å². The number of aliphatic hydroxyl groups is 1. The first kappa shape index (κ1) is 26.9. The van der Waals surface area contributed by atoms with Crippen LogP contribution in [0.2, 0.25) is 0 Å². The van der Waals surface area contributed by atoms with Crippen LogP contribution in [0.5, 0.6) is 0 Å². The van der Waals surface area contributed by atoms with Gasteiger partial charge in [0.25, 0.3) is 0 Å². The molecule has 0 bridgehead atoms. The standard InChI is InChI=1S/C26H41NO2/c1-4-7-8-9-10-11-12-13-14-15-16-17-18-19-20-21-22-25(28)27-24-26(29,6-3)23-5-2/h9-16,19-22,29H,4-8,17-18,23-24H2,1-3H3,(H,27,28). The van der Waals surface area contributed by atoms with Crippen molar-refractivity contribution in [3.63, 3.8) is 0 Å². The summed E-state index contributed by atoms with van der Waals surface area (Å²) in [5.74, 6) is -0.170. The van der Waals surface area contributed by atoms with Crippen LogP contribution in [0.1, 0.15) is 72.1 Å². The first-order chi connectivity index (χ1) is 14.1. The van der Waals surface area contributed by atoms with Gasteiger partial charge in [-0.25, -0.2) is 0 Å². The van der Waals surface area contributed by atoms with Crippen molar-refractivity contribution in [1.29, 1.82) is 0 Å². The molecular formula is C26H41NO2. The third-order valence-corrected chi connectivity index (χ3v) is 4.51. The number of unbranched alkanes of at least 4 members (excludes halogenated alkanes) is 3. The van der Waals surface area contributed by atoms with Gasteiger partial charge in [0.15, 0.2) is 0 Å². The average Bonchev–Trinajstić information content (AvgIpc) is 2.72. The molecule has 0 heterocycles. The van der Waals surface area contributed by atoms with E-state index in [0.717, 1.165) is 25.7 Å². The Bertz CT molecular complexity index is 582. The third kappa shape index (κ3) is 17.7. The van der Waals surface area contributed by atoms with E-state index in [2.05, 4.69) is 36.5 Å². The molecule has 162 valence electrons. The molecule has 0 saturated heterocycles. The fourth-order valence-corrected chi connectivity index (χ4v) is 2.60. The summed E-state index contributed by atoms with van der Waals surface area (Å²) >= 11 is 0. The van der Waals surface area contributed by atoms with E-state index < -0.39 is 5.60 Å². The van der Waals surface area contributed by atoms with E-state index in [0.29, 0.717) is 19.4 Å². The highest BCUT2D eigenvalue weighted by atomic mass is 16.3. The van der Waals surface area contributed by atoms with E-state index in [4.69, 9.17) is 0 Å². The minimum atomic E-state index is -0.796. The molecule has 1 amide bonds. The van der Waals surface area contributed by atoms with Gasteiger partial charge in [-0.15, -0.1) is 0 Å². The van der Waals surface area contributed by atoms with Gasteiger partial charge >= 0.3 is 0 Å². The van der Waals surface area contributed by atoms with Crippen molar-refractivity contribution >= 4 is 5.91 Å². The summed E-state index contributed by atoms with van der Waals surface area (Å²) in [6, 6.07) is 0. The molecule has 0 spiro atoms. The molecule has 3 heteroatoms. The number of carbonyl (C=O) groups is 1. The highest BCUT2D eigenvalue weighted by molar-refractivity contribution is 5.87. The molecule has 2 N–H and O–H groups in total. The SMILES string of the molecule is CCCCC=CC=CC=CC=CCCC=CC=CC(=O)NCC(O)(CC)CCC. The lowest BCUT2D eigenvalue weighted by Crippen LogP contribution is -2.41. The second-order valence-electron chi connectivity index (χ2n) is 7.18. The quantitative estimate of drug-likeness (QED) is 0.180. The summed E-state index contributed by atoms with van der Waals surface area (Å²) < 4.78 is 0. The summed E-state index contributed by atoms with van der Waals surface area (Å²) in [6.07, 6.45) is 31.5. The monoisotopic (exact) mass is 399 g/mol. The van der Waals surface area contributed by atoms with E-state index in [1.54, 1.807) is 6.08 Å². The smallest absolute Gasteiger partial charge is 0.244 e. The summed E-state index contributed by atoms with van der Waals surface area (Å²) in [5, 5.41) is 13.1. The van der Waals surface area contributed by atoms with E-state index in [1.165, 1.54) is 18.9 Å². The molecule has 1 unspecified atom stereocenters. The Labute approximate surface area is 178 Å². The highest BCUT2D eigenvalue weighted by Gasteiger charge is 2.23. The minimum Gasteiger partial charge on any atom is -0.388 e. The predicted octanol–water partition coefficient (Wildman–Crippen LogP) is 6.35. The van der Waals surface area contributed by atoms with Crippen LogP contribution in [0, 0.1) is 0 Å². The Hall–Kier alpha value is -2.13. The predicted molar refractivity (Wildman–Crippen MR) is 127 cm³/mol. The van der Waals surface area contributed by atoms with Crippen LogP contribution in [0.3, 0.4) is 0 Å². The van der Waals surface area contributed by atoms with Gasteiger partial charge in [0.1, 0.15) is 0 Å². The van der Waals surface area contributed by atoms with Crippen molar-refractivity contribution in [3.8, 4) is 0 Å². The summed E-state index contributed by atoms with van der Waals surface area (Å²) in [6.45, 7) is 6.47. The van der Waals surface area contributed by atoms with Crippen LogP contribution >= 0.6 is 0 Å². The Morgan fingerprint density at radius 3 is 1.90 bits per heavy atom. The Kier molecular flexibility index (Phi) is 17.8. The fraction of sp³-hybridized carbons (Fsp3) is 0.500. The number of carbonyl (C=O) groups excluding carboxylic acids is 1. The molecule has 0 aromatic heterocycles. The number of amides is 1. The minimum absolute atomic E-state index is 0.170. The van der Waals surface area contributed by atoms with Crippen LogP contribution < -0.4 is 5.32 Å². The normalized spacial score (nSPS) is 15.0. The maximum absolute atomic E-state index is 11.8. The van der Waals surface area contributed by atoms with Crippen molar-refractivity contribution in [2.45, 2.75) is 77.7 Å². The number of nitrogens with one attached hydrogen (secondary N) is 1. The van der Waals surface area contributed by atoms with Gasteiger partial charge in [0, 0.05) is 12.6 Å². The van der Waals surface area contributed by atoms with Gasteiger partial charge in [-0.2, -0.15) is 0 Å². The molecular weight excluding hydrogens is 358 g/mol. The second kappa shape index (κ2) is 19.2. The van der Waals surface area contributed by atoms with Gasteiger partial charge in [0.2, 0.25) is 5.91 Å². The topological polar surface area (TPSA) is 49.3 Å². The van der Waals surface area contributed by atoms with E-state index in [1.807, 2.05) is 50.3 Å². The van der Waals surface area contributed by atoms with Crippen molar-refractivity contribution in [3.05, 3.63) is 72.9 Å². The number of hydrogen-bond donors (Lipinski definition) is 2. The van der Waals surface area contributed by atoms with Gasteiger partial charge in [-0.05, 0) is 32.1 Å². The molecule has 1 atom stereocenters. The largest absolute Gasteiger partial charge is 0.388 e. The molecule has 0 aliphatic heterocycles. The first-order valence-corrected chi connectivity index (χ1v) is 11.1. The van der Waals surface area contributed by atoms with E-state index in [9.17, 15) is 9.90 Å². The number of hydrogen-bond acceptors (Lipinski definition) is 2. The molecule has 0 aromatic carbocycles. The molecule has 0 aromatic rings. The molecule has 0 rings (SSSR count). The van der Waals surface area contributed by atoms with Crippen molar-refractivity contribution < 1.29 is 9.90 Å². The number of rotatable bonds is 16. The zero-order valence-electron chi connectivity index (χ0n) is 18.6. The van der Waals surface area contributed by atoms with Crippen LogP contribution in [0.25, 0.3) is 0 Å². The van der Waals surface area contributed by atoms with Gasteiger partial charge in [-0.3, -0.25) is 4.79 Å². The van der Waals surface area contributed by atoms with Gasteiger partial charge < -0.3 is 10.4 Å². The molecule has 29 heavy (non-hydrogen) atoms. The summed E-state index contributed by atoms with van der Waals surface area (Å²) in [5.41, 5.74) is -0.796. The third-order valence-electron chi connectivity index (χ3n) is 4.51. The van der Waals surface area contributed by atoms with E-state index in [-0.39, 0.29) is 5.91 Å². The Morgan fingerprint density at radius 1 is 0.793 bits per heavy atom. The molecule has 0 aliphatic rings. The summed E-state index contributed by atoms with van der Waals surface area (Å²) in [4.78, 5) is 11.8. The average molecular weight is 400 g/mol. The lowest BCUT2D eigenvalue weighted by atomic mass is 9.95. The van der Waals surface area contributed by atoms with E-state index >= 15 is 0 Å². The lowest BCUT2D eigenvalue weighted by molar-refractivity contribution is -0.117. The first-order valence-electron chi connectivity index (χ1n) is 11.1. The lowest BCUT2D eigenvalue weighted by Gasteiger charge is -2.26. The van der Waals surface area contributed by atoms with Crippen LogP contribution in [-0.4, -0.2) is 23.2 Å². The van der Waals surface area contributed by atoms with Crippen molar-refractivity contribution in [1.82, 2.24) is 5.32 Å². The van der Waals surface area contributed by atoms with Crippen LogP contribution in [0.4, 0.5) is 0 Å². The molecule has 0 fully saturated rings. The maximum atomic E-state index is 11.8. The zero-order valence-corrected chi connectivity index (χ0v) is 18.6. The molecule has 0 aliphatic carbocycles. The van der Waals surface area contributed by atoms with Gasteiger partial charge in [0.05, 0.1) is 5.60 Å². The molecule has 3 nitrogen and oxygen atoms in total. The Balaban J connectivity index is 3.90. The second-order valence-corrected chi connectivity index (χ2v) is 7.18.